The van der Waals surface area contributed by atoms with Gasteiger partial charge in [0.15, 0.2) is 11.6 Å². The molecule has 1 aromatic heterocycles. The largest absolute Gasteiger partial charge is 0.490 e. The van der Waals surface area contributed by atoms with Crippen molar-refractivity contribution in [3.63, 3.8) is 0 Å². The summed E-state index contributed by atoms with van der Waals surface area (Å²) in [7, 11) is 1.70. The maximum atomic E-state index is 14.4. The zero-order valence-electron chi connectivity index (χ0n) is 14.1. The summed E-state index contributed by atoms with van der Waals surface area (Å²) in [6, 6.07) is 6.53. The fourth-order valence-corrected chi connectivity index (χ4v) is 2.34. The average molecular weight is 364 g/mol. The van der Waals surface area contributed by atoms with Gasteiger partial charge < -0.3 is 10.1 Å². The molecule has 2 rings (SSSR count). The minimum Gasteiger partial charge on any atom is -0.490 e. The number of carbonyl (C=O) groups is 1. The van der Waals surface area contributed by atoms with E-state index in [0.29, 0.717) is 17.7 Å². The molecule has 1 aromatic carbocycles. The minimum atomic E-state index is -0.499. The number of hydrogen-bond acceptors (Lipinski definition) is 3. The van der Waals surface area contributed by atoms with E-state index in [-0.39, 0.29) is 24.8 Å². The van der Waals surface area contributed by atoms with Gasteiger partial charge in [0.1, 0.15) is 5.69 Å². The van der Waals surface area contributed by atoms with E-state index >= 15 is 0 Å². The van der Waals surface area contributed by atoms with Gasteiger partial charge in [0.2, 0.25) is 0 Å². The van der Waals surface area contributed by atoms with Crippen LogP contribution in [0.4, 0.5) is 4.39 Å². The van der Waals surface area contributed by atoms with Crippen LogP contribution in [-0.2, 0) is 20.0 Å². The molecule has 0 aliphatic carbocycles. The number of aromatic nitrogens is 2. The summed E-state index contributed by atoms with van der Waals surface area (Å²) in [6.07, 6.45) is 1.15. The monoisotopic (exact) mass is 363 g/mol. The van der Waals surface area contributed by atoms with E-state index in [1.165, 1.54) is 10.7 Å². The fourth-order valence-electron chi connectivity index (χ4n) is 2.24. The second-order valence-corrected chi connectivity index (χ2v) is 5.47. The molecule has 5 nitrogen and oxygen atoms in total. The Morgan fingerprint density at radius 3 is 2.96 bits per heavy atom. The second-order valence-electron chi connectivity index (χ2n) is 5.28. The molecule has 2 aromatic rings. The molecule has 0 fully saturated rings. The first-order chi connectivity index (χ1) is 12.1. The fraction of sp³-hybridized carbons (Fsp3) is 0.333. The summed E-state index contributed by atoms with van der Waals surface area (Å²) < 4.78 is 21.3. The van der Waals surface area contributed by atoms with Crippen molar-refractivity contribution >= 4 is 17.5 Å². The van der Waals surface area contributed by atoms with Gasteiger partial charge >= 0.3 is 0 Å². The van der Waals surface area contributed by atoms with Crippen LogP contribution in [0.3, 0.4) is 0 Å². The molecule has 0 atom stereocenters. The van der Waals surface area contributed by atoms with Crippen LogP contribution in [0.2, 0.25) is 0 Å². The number of halogens is 2. The molecule has 0 spiro atoms. The van der Waals surface area contributed by atoms with Crippen molar-refractivity contribution in [1.29, 1.82) is 0 Å². The van der Waals surface area contributed by atoms with Crippen molar-refractivity contribution in [2.75, 3.05) is 6.61 Å². The smallest absolute Gasteiger partial charge is 0.269 e. The van der Waals surface area contributed by atoms with Crippen molar-refractivity contribution in [2.45, 2.75) is 26.3 Å². The van der Waals surface area contributed by atoms with Gasteiger partial charge in [0, 0.05) is 31.0 Å². The highest BCUT2D eigenvalue weighted by Gasteiger charge is 2.14. The van der Waals surface area contributed by atoms with Crippen LogP contribution in [0, 0.1) is 17.1 Å². The van der Waals surface area contributed by atoms with Crippen LogP contribution in [0.25, 0.3) is 0 Å². The van der Waals surface area contributed by atoms with Crippen LogP contribution >= 0.6 is 11.6 Å². The summed E-state index contributed by atoms with van der Waals surface area (Å²) in [4.78, 5) is 12.3. The lowest BCUT2D eigenvalue weighted by molar-refractivity contribution is 0.0941. The van der Waals surface area contributed by atoms with E-state index in [9.17, 15) is 9.18 Å². The van der Waals surface area contributed by atoms with Gasteiger partial charge in [-0.05, 0) is 30.2 Å². The van der Waals surface area contributed by atoms with Gasteiger partial charge in [-0.1, -0.05) is 25.0 Å². The van der Waals surface area contributed by atoms with Crippen LogP contribution < -0.4 is 10.1 Å². The van der Waals surface area contributed by atoms with Crippen LogP contribution in [0.1, 0.15) is 35.1 Å². The first-order valence-corrected chi connectivity index (χ1v) is 8.24. The number of carbonyl (C=O) groups excluding carboxylic acids is 1. The molecule has 1 N–H and O–H groups in total. The Morgan fingerprint density at radius 1 is 1.48 bits per heavy atom. The Labute approximate surface area is 151 Å². The van der Waals surface area contributed by atoms with Crippen molar-refractivity contribution in [3.05, 3.63) is 47.0 Å². The first-order valence-electron chi connectivity index (χ1n) is 7.86. The summed E-state index contributed by atoms with van der Waals surface area (Å²) in [5.41, 5.74) is 1.60. The van der Waals surface area contributed by atoms with Crippen LogP contribution in [0.5, 0.6) is 5.75 Å². The predicted octanol–water partition coefficient (Wildman–Crippen LogP) is 3.02. The molecule has 0 aliphatic heterocycles. The lowest BCUT2D eigenvalue weighted by Crippen LogP contribution is -2.25. The third kappa shape index (κ3) is 4.97. The number of amides is 1. The summed E-state index contributed by atoms with van der Waals surface area (Å²) in [5.74, 6) is 1.94. The van der Waals surface area contributed by atoms with E-state index in [2.05, 4.69) is 21.7 Å². The quantitative estimate of drug-likeness (QED) is 0.607. The normalized spacial score (nSPS) is 10.1. The van der Waals surface area contributed by atoms with Gasteiger partial charge in [-0.25, -0.2) is 4.39 Å². The predicted molar refractivity (Wildman–Crippen MR) is 93.9 cm³/mol. The third-order valence-electron chi connectivity index (χ3n) is 3.56. The van der Waals surface area contributed by atoms with Gasteiger partial charge in [0.05, 0.1) is 12.3 Å². The molecule has 1 amide bonds. The standard InChI is InChI=1S/C18H19ClFN3O2/c1-3-14-11-15(23(2)22-14)18(24)21-12-13-7-6-8-16(17(13)20)25-10-5-4-9-19/h6-8,11H,3,5,10,12H2,1-2H3,(H,21,24). The summed E-state index contributed by atoms with van der Waals surface area (Å²) in [6.45, 7) is 2.25. The van der Waals surface area contributed by atoms with Gasteiger partial charge in [-0.2, -0.15) is 5.10 Å². The van der Waals surface area contributed by atoms with Crippen molar-refractivity contribution in [3.8, 4) is 17.0 Å². The summed E-state index contributed by atoms with van der Waals surface area (Å²) in [5, 5.41) is 9.16. The number of nitrogens with one attached hydrogen (secondary N) is 1. The molecule has 0 unspecified atom stereocenters. The molecule has 0 aliphatic rings. The lowest BCUT2D eigenvalue weighted by atomic mass is 10.2. The lowest BCUT2D eigenvalue weighted by Gasteiger charge is -2.10. The van der Waals surface area contributed by atoms with Crippen LogP contribution in [-0.4, -0.2) is 22.3 Å². The Bertz CT molecular complexity index is 808. The number of benzene rings is 1. The molecular formula is C18H19ClFN3O2. The van der Waals surface area contributed by atoms with Gasteiger partial charge in [-0.3, -0.25) is 9.48 Å². The van der Waals surface area contributed by atoms with Crippen molar-refractivity contribution < 1.29 is 13.9 Å². The van der Waals surface area contributed by atoms with Gasteiger partial charge in [-0.15, -0.1) is 0 Å². The molecule has 0 radical (unpaired) electrons. The molecule has 0 saturated heterocycles. The number of nitrogens with zero attached hydrogens (tertiary/aromatic N) is 2. The summed E-state index contributed by atoms with van der Waals surface area (Å²) >= 11 is 5.25. The third-order valence-corrected chi connectivity index (χ3v) is 3.69. The number of rotatable bonds is 7. The first kappa shape index (κ1) is 18.8. The van der Waals surface area contributed by atoms with Gasteiger partial charge in [0.25, 0.3) is 5.91 Å². The second kappa shape index (κ2) is 9.09. The molecular weight excluding hydrogens is 345 g/mol. The topological polar surface area (TPSA) is 56.1 Å². The maximum absolute atomic E-state index is 14.4. The molecule has 7 heteroatoms. The molecule has 0 bridgehead atoms. The molecule has 132 valence electrons. The number of hydrogen-bond donors (Lipinski definition) is 1. The van der Waals surface area contributed by atoms with E-state index in [1.54, 1.807) is 25.2 Å². The SMILES string of the molecule is CCc1cc(C(=O)NCc2cccc(OCCC#CCl)c2F)n(C)n1. The zero-order valence-corrected chi connectivity index (χ0v) is 14.9. The molecule has 1 heterocycles. The number of aryl methyl sites for hydroxylation is 2. The molecule has 0 saturated carbocycles. The molecule has 25 heavy (non-hydrogen) atoms. The van der Waals surface area contributed by atoms with E-state index in [1.807, 2.05) is 6.92 Å². The van der Waals surface area contributed by atoms with Crippen LogP contribution in [0.15, 0.2) is 24.3 Å². The van der Waals surface area contributed by atoms with E-state index < -0.39 is 5.82 Å². The van der Waals surface area contributed by atoms with E-state index in [0.717, 1.165) is 12.1 Å². The van der Waals surface area contributed by atoms with Crippen molar-refractivity contribution in [2.24, 2.45) is 7.05 Å². The Hall–Kier alpha value is -2.52. The highest BCUT2D eigenvalue weighted by Crippen LogP contribution is 2.20. The van der Waals surface area contributed by atoms with E-state index in [4.69, 9.17) is 16.3 Å². The van der Waals surface area contributed by atoms with Crippen molar-refractivity contribution in [1.82, 2.24) is 15.1 Å². The Balaban J connectivity index is 2.01. The Kier molecular flexibility index (Phi) is 6.84. The number of ether oxygens (including phenoxy) is 1. The minimum absolute atomic E-state index is 0.0516. The maximum Gasteiger partial charge on any atom is 0.269 e. The Morgan fingerprint density at radius 2 is 2.28 bits per heavy atom. The zero-order chi connectivity index (χ0) is 18.2. The highest BCUT2D eigenvalue weighted by atomic mass is 35.5. The highest BCUT2D eigenvalue weighted by molar-refractivity contribution is 6.30. The average Bonchev–Trinajstić information content (AvgIpc) is 2.99.